The number of nitrogens with zero attached hydrogens (tertiary/aromatic N) is 1. The third-order valence-corrected chi connectivity index (χ3v) is 3.16. The zero-order valence-corrected chi connectivity index (χ0v) is 12.8. The summed E-state index contributed by atoms with van der Waals surface area (Å²) in [5.74, 6) is -0.275. The standard InChI is InChI=1S/C14H27N3O3/c1-14(2,3)20-13(19)17-9-5-6-11(17)10-16-8-4-7-12(15)18/h11,16H,4-10H2,1-3H3,(H2,15,18). The molecule has 0 aliphatic carbocycles. The van der Waals surface area contributed by atoms with Gasteiger partial charge in [0.2, 0.25) is 5.91 Å². The van der Waals surface area contributed by atoms with Gasteiger partial charge >= 0.3 is 6.09 Å². The van der Waals surface area contributed by atoms with Gasteiger partial charge in [-0.15, -0.1) is 0 Å². The van der Waals surface area contributed by atoms with Crippen LogP contribution in [-0.2, 0) is 9.53 Å². The van der Waals surface area contributed by atoms with E-state index in [1.807, 2.05) is 20.8 Å². The van der Waals surface area contributed by atoms with Crippen LogP contribution in [0, 0.1) is 0 Å². The lowest BCUT2D eigenvalue weighted by atomic mass is 10.2. The summed E-state index contributed by atoms with van der Waals surface area (Å²) >= 11 is 0. The molecule has 1 rings (SSSR count). The molecular formula is C14H27N3O3. The van der Waals surface area contributed by atoms with E-state index in [9.17, 15) is 9.59 Å². The number of nitrogens with one attached hydrogen (secondary N) is 1. The molecule has 6 nitrogen and oxygen atoms in total. The normalized spacial score (nSPS) is 19.1. The Kier molecular flexibility index (Phi) is 6.26. The van der Waals surface area contributed by atoms with Crippen molar-refractivity contribution in [2.45, 2.75) is 58.1 Å². The lowest BCUT2D eigenvalue weighted by molar-refractivity contribution is -0.118. The number of primary amides is 1. The first-order valence-electron chi connectivity index (χ1n) is 7.28. The highest BCUT2D eigenvalue weighted by Crippen LogP contribution is 2.20. The smallest absolute Gasteiger partial charge is 0.410 e. The summed E-state index contributed by atoms with van der Waals surface area (Å²) in [6.45, 7) is 7.84. The molecule has 0 bridgehead atoms. The van der Waals surface area contributed by atoms with Crippen LogP contribution in [0.5, 0.6) is 0 Å². The van der Waals surface area contributed by atoms with Crippen LogP contribution in [0.1, 0.15) is 46.5 Å². The highest BCUT2D eigenvalue weighted by atomic mass is 16.6. The number of nitrogens with two attached hydrogens (primary N) is 1. The predicted octanol–water partition coefficient (Wildman–Crippen LogP) is 1.24. The minimum atomic E-state index is -0.459. The molecule has 116 valence electrons. The fourth-order valence-electron chi connectivity index (χ4n) is 2.27. The van der Waals surface area contributed by atoms with Crippen LogP contribution < -0.4 is 11.1 Å². The van der Waals surface area contributed by atoms with Crippen molar-refractivity contribution in [1.29, 1.82) is 0 Å². The van der Waals surface area contributed by atoms with Crippen LogP contribution in [0.25, 0.3) is 0 Å². The Bertz CT molecular complexity index is 339. The Morgan fingerprint density at radius 3 is 2.70 bits per heavy atom. The first kappa shape index (κ1) is 16.8. The maximum absolute atomic E-state index is 12.1. The number of ether oxygens (including phenoxy) is 1. The predicted molar refractivity (Wildman–Crippen MR) is 77.3 cm³/mol. The molecule has 1 saturated heterocycles. The molecule has 0 aromatic heterocycles. The minimum Gasteiger partial charge on any atom is -0.444 e. The summed E-state index contributed by atoms with van der Waals surface area (Å²) in [6.07, 6.45) is 2.88. The number of carbonyl (C=O) groups excluding carboxylic acids is 2. The summed E-state index contributed by atoms with van der Waals surface area (Å²) in [5.41, 5.74) is 4.62. The number of amides is 2. The van der Waals surface area contributed by atoms with E-state index in [-0.39, 0.29) is 18.0 Å². The Hall–Kier alpha value is -1.30. The first-order chi connectivity index (χ1) is 9.29. The van der Waals surface area contributed by atoms with E-state index in [1.165, 1.54) is 0 Å². The van der Waals surface area contributed by atoms with Gasteiger partial charge in [-0.25, -0.2) is 4.79 Å². The van der Waals surface area contributed by atoms with Crippen LogP contribution in [0.4, 0.5) is 4.79 Å². The van der Waals surface area contributed by atoms with E-state index < -0.39 is 5.60 Å². The monoisotopic (exact) mass is 285 g/mol. The van der Waals surface area contributed by atoms with Crippen molar-refractivity contribution in [3.63, 3.8) is 0 Å². The Balaban J connectivity index is 2.30. The van der Waals surface area contributed by atoms with Crippen LogP contribution in [-0.4, -0.2) is 48.2 Å². The molecule has 1 fully saturated rings. The third-order valence-electron chi connectivity index (χ3n) is 3.16. The van der Waals surface area contributed by atoms with Crippen molar-refractivity contribution < 1.29 is 14.3 Å². The minimum absolute atomic E-state index is 0.179. The second-order valence-corrected chi connectivity index (χ2v) is 6.24. The van der Waals surface area contributed by atoms with Gasteiger partial charge in [0, 0.05) is 25.6 Å². The zero-order chi connectivity index (χ0) is 15.2. The maximum Gasteiger partial charge on any atom is 0.410 e. The maximum atomic E-state index is 12.1. The first-order valence-corrected chi connectivity index (χ1v) is 7.28. The second-order valence-electron chi connectivity index (χ2n) is 6.24. The lowest BCUT2D eigenvalue weighted by Crippen LogP contribution is -2.44. The molecule has 1 aliphatic heterocycles. The van der Waals surface area contributed by atoms with Crippen molar-refractivity contribution in [3.8, 4) is 0 Å². The van der Waals surface area contributed by atoms with E-state index in [0.29, 0.717) is 6.42 Å². The molecule has 0 radical (unpaired) electrons. The summed E-state index contributed by atoms with van der Waals surface area (Å²) in [4.78, 5) is 24.5. The molecule has 6 heteroatoms. The van der Waals surface area contributed by atoms with Gasteiger partial charge in [-0.2, -0.15) is 0 Å². The van der Waals surface area contributed by atoms with E-state index in [0.717, 1.165) is 38.9 Å². The topological polar surface area (TPSA) is 84.7 Å². The molecule has 20 heavy (non-hydrogen) atoms. The number of likely N-dealkylation sites (tertiary alicyclic amines) is 1. The van der Waals surface area contributed by atoms with Gasteiger partial charge in [0.15, 0.2) is 0 Å². The fraction of sp³-hybridized carbons (Fsp3) is 0.857. The van der Waals surface area contributed by atoms with E-state index >= 15 is 0 Å². The Labute approximate surface area is 121 Å². The summed E-state index contributed by atoms with van der Waals surface area (Å²) in [7, 11) is 0. The molecule has 1 aliphatic rings. The van der Waals surface area contributed by atoms with Gasteiger partial charge in [0.1, 0.15) is 5.60 Å². The summed E-state index contributed by atoms with van der Waals surface area (Å²) in [6, 6.07) is 0.179. The molecule has 0 aromatic carbocycles. The highest BCUT2D eigenvalue weighted by Gasteiger charge is 2.31. The van der Waals surface area contributed by atoms with Gasteiger partial charge in [-0.1, -0.05) is 0 Å². The van der Waals surface area contributed by atoms with Crippen LogP contribution in [0.2, 0.25) is 0 Å². The fourth-order valence-corrected chi connectivity index (χ4v) is 2.27. The molecule has 0 aromatic rings. The Morgan fingerprint density at radius 1 is 1.40 bits per heavy atom. The number of hydrogen-bond donors (Lipinski definition) is 2. The molecule has 3 N–H and O–H groups in total. The molecule has 1 unspecified atom stereocenters. The largest absolute Gasteiger partial charge is 0.444 e. The SMILES string of the molecule is CC(C)(C)OC(=O)N1CCCC1CNCCCC(N)=O. The quantitative estimate of drug-likeness (QED) is 0.719. The van der Waals surface area contributed by atoms with Crippen molar-refractivity contribution in [1.82, 2.24) is 10.2 Å². The molecule has 1 atom stereocenters. The van der Waals surface area contributed by atoms with Gasteiger partial charge in [0.05, 0.1) is 0 Å². The van der Waals surface area contributed by atoms with Crippen LogP contribution in [0.3, 0.4) is 0 Å². The molecule has 2 amide bonds. The van der Waals surface area contributed by atoms with Gasteiger partial charge < -0.3 is 20.7 Å². The van der Waals surface area contributed by atoms with Crippen molar-refractivity contribution >= 4 is 12.0 Å². The number of hydrogen-bond acceptors (Lipinski definition) is 4. The average Bonchev–Trinajstić information content (AvgIpc) is 2.74. The zero-order valence-electron chi connectivity index (χ0n) is 12.8. The van der Waals surface area contributed by atoms with E-state index in [4.69, 9.17) is 10.5 Å². The van der Waals surface area contributed by atoms with Gasteiger partial charge in [0.25, 0.3) is 0 Å². The Morgan fingerprint density at radius 2 is 2.10 bits per heavy atom. The molecule has 1 heterocycles. The number of carbonyl (C=O) groups is 2. The molecule has 0 saturated carbocycles. The van der Waals surface area contributed by atoms with Crippen molar-refractivity contribution in [2.75, 3.05) is 19.6 Å². The lowest BCUT2D eigenvalue weighted by Gasteiger charge is -2.28. The van der Waals surface area contributed by atoms with Gasteiger partial charge in [-0.3, -0.25) is 4.79 Å². The molecule has 0 spiro atoms. The average molecular weight is 285 g/mol. The summed E-state index contributed by atoms with van der Waals surface area (Å²) < 4.78 is 5.41. The third kappa shape index (κ3) is 6.23. The van der Waals surface area contributed by atoms with E-state index in [1.54, 1.807) is 4.90 Å². The molecular weight excluding hydrogens is 258 g/mol. The number of rotatable bonds is 6. The highest BCUT2D eigenvalue weighted by molar-refractivity contribution is 5.73. The van der Waals surface area contributed by atoms with E-state index in [2.05, 4.69) is 5.32 Å². The van der Waals surface area contributed by atoms with Gasteiger partial charge in [-0.05, 0) is 46.6 Å². The van der Waals surface area contributed by atoms with Crippen molar-refractivity contribution in [2.24, 2.45) is 5.73 Å². The van der Waals surface area contributed by atoms with Crippen molar-refractivity contribution in [3.05, 3.63) is 0 Å². The summed E-state index contributed by atoms with van der Waals surface area (Å²) in [5, 5.41) is 3.27. The van der Waals surface area contributed by atoms with Crippen LogP contribution in [0.15, 0.2) is 0 Å². The second kappa shape index (κ2) is 7.47. The van der Waals surface area contributed by atoms with Crippen LogP contribution >= 0.6 is 0 Å².